The molecule has 0 amide bonds. The van der Waals surface area contributed by atoms with Gasteiger partial charge in [-0.25, -0.2) is 0 Å². The molecule has 2 heterocycles. The zero-order valence-electron chi connectivity index (χ0n) is 10.9. The van der Waals surface area contributed by atoms with E-state index in [0.717, 1.165) is 24.5 Å². The first-order chi connectivity index (χ1) is 8.81. The Morgan fingerprint density at radius 3 is 2.67 bits per heavy atom. The van der Waals surface area contributed by atoms with Gasteiger partial charge in [0.25, 0.3) is 0 Å². The summed E-state index contributed by atoms with van der Waals surface area (Å²) >= 11 is 1.64. The summed E-state index contributed by atoms with van der Waals surface area (Å²) in [4.78, 5) is 15.5. The molecule has 1 unspecified atom stereocenters. The molecule has 1 atom stereocenters. The first-order valence-electron chi connectivity index (χ1n) is 6.65. The van der Waals surface area contributed by atoms with Crippen LogP contribution in [0.5, 0.6) is 0 Å². The van der Waals surface area contributed by atoms with Crippen molar-refractivity contribution in [3.05, 3.63) is 22.4 Å². The highest BCUT2D eigenvalue weighted by atomic mass is 32.1. The third-order valence-corrected chi connectivity index (χ3v) is 4.50. The molecule has 0 N–H and O–H groups in total. The highest BCUT2D eigenvalue weighted by molar-refractivity contribution is 7.10. The third-order valence-electron chi connectivity index (χ3n) is 3.51. The summed E-state index contributed by atoms with van der Waals surface area (Å²) in [5.41, 5.74) is 0. The minimum absolute atomic E-state index is 0.110. The Morgan fingerprint density at radius 2 is 2.11 bits per heavy atom. The molecule has 2 rings (SSSR count). The van der Waals surface area contributed by atoms with Gasteiger partial charge in [0.05, 0.1) is 7.11 Å². The minimum Gasteiger partial charge on any atom is -0.468 e. The van der Waals surface area contributed by atoms with E-state index < -0.39 is 0 Å². The molecule has 0 bridgehead atoms. The van der Waals surface area contributed by atoms with Crippen molar-refractivity contribution in [1.82, 2.24) is 4.90 Å². The van der Waals surface area contributed by atoms with E-state index in [9.17, 15) is 4.79 Å². The van der Waals surface area contributed by atoms with Crippen molar-refractivity contribution in [1.29, 1.82) is 0 Å². The summed E-state index contributed by atoms with van der Waals surface area (Å²) in [6, 6.07) is 4.03. The second-order valence-corrected chi connectivity index (χ2v) is 5.79. The summed E-state index contributed by atoms with van der Waals surface area (Å²) in [7, 11) is 1.48. The van der Waals surface area contributed by atoms with Crippen molar-refractivity contribution < 1.29 is 9.53 Å². The van der Waals surface area contributed by atoms with E-state index in [1.807, 2.05) is 17.5 Å². The maximum Gasteiger partial charge on any atom is 0.315 e. The molecule has 1 fully saturated rings. The number of nitrogens with zero attached hydrogens (tertiary/aromatic N) is 1. The van der Waals surface area contributed by atoms with Gasteiger partial charge in [0.15, 0.2) is 0 Å². The number of carbonyl (C=O) groups is 1. The SMILES string of the molecule is COC(=O)C(CN1CCCCCC1)c1cccs1. The topological polar surface area (TPSA) is 29.5 Å². The molecular formula is C14H21NO2S. The van der Waals surface area contributed by atoms with Gasteiger partial charge in [-0.05, 0) is 37.4 Å². The van der Waals surface area contributed by atoms with Gasteiger partial charge in [-0.2, -0.15) is 0 Å². The fourth-order valence-corrected chi connectivity index (χ4v) is 3.30. The highest BCUT2D eigenvalue weighted by Crippen LogP contribution is 2.24. The van der Waals surface area contributed by atoms with Crippen LogP contribution in [-0.2, 0) is 9.53 Å². The Bertz CT molecular complexity index is 356. The maximum absolute atomic E-state index is 11.9. The van der Waals surface area contributed by atoms with E-state index >= 15 is 0 Å². The van der Waals surface area contributed by atoms with Gasteiger partial charge in [-0.15, -0.1) is 11.3 Å². The van der Waals surface area contributed by atoms with Crippen LogP contribution in [0.4, 0.5) is 0 Å². The van der Waals surface area contributed by atoms with Gasteiger partial charge in [-0.1, -0.05) is 18.9 Å². The average molecular weight is 267 g/mol. The lowest BCUT2D eigenvalue weighted by molar-refractivity contribution is -0.142. The largest absolute Gasteiger partial charge is 0.468 e. The Hall–Kier alpha value is -0.870. The number of ether oxygens (including phenoxy) is 1. The summed E-state index contributed by atoms with van der Waals surface area (Å²) in [5.74, 6) is -0.227. The quantitative estimate of drug-likeness (QED) is 0.786. The van der Waals surface area contributed by atoms with Crippen LogP contribution < -0.4 is 0 Å². The molecule has 0 saturated carbocycles. The molecule has 1 aromatic heterocycles. The van der Waals surface area contributed by atoms with Crippen molar-refractivity contribution in [2.75, 3.05) is 26.7 Å². The molecule has 1 aromatic rings. The molecule has 0 aromatic carbocycles. The predicted molar refractivity (Wildman–Crippen MR) is 74.0 cm³/mol. The first-order valence-corrected chi connectivity index (χ1v) is 7.53. The van der Waals surface area contributed by atoms with Crippen LogP contribution in [0, 0.1) is 0 Å². The molecule has 0 aliphatic carbocycles. The second kappa shape index (κ2) is 6.90. The van der Waals surface area contributed by atoms with Crippen LogP contribution in [-0.4, -0.2) is 37.6 Å². The molecule has 1 aliphatic heterocycles. The number of methoxy groups -OCH3 is 1. The first kappa shape index (κ1) is 13.6. The molecule has 3 nitrogen and oxygen atoms in total. The Balaban J connectivity index is 2.02. The Kier molecular flexibility index (Phi) is 5.20. The van der Waals surface area contributed by atoms with E-state index in [1.165, 1.54) is 32.8 Å². The highest BCUT2D eigenvalue weighted by Gasteiger charge is 2.25. The Morgan fingerprint density at radius 1 is 1.39 bits per heavy atom. The van der Waals surface area contributed by atoms with Gasteiger partial charge in [0, 0.05) is 11.4 Å². The van der Waals surface area contributed by atoms with Gasteiger partial charge in [0.1, 0.15) is 5.92 Å². The number of hydrogen-bond donors (Lipinski definition) is 0. The Labute approximate surface area is 113 Å². The number of hydrogen-bond acceptors (Lipinski definition) is 4. The minimum atomic E-state index is -0.118. The average Bonchev–Trinajstić information content (AvgIpc) is 2.79. The van der Waals surface area contributed by atoms with E-state index in [-0.39, 0.29) is 11.9 Å². The summed E-state index contributed by atoms with van der Waals surface area (Å²) in [6.45, 7) is 3.02. The fraction of sp³-hybridized carbons (Fsp3) is 0.643. The van der Waals surface area contributed by atoms with Crippen LogP contribution >= 0.6 is 11.3 Å². The van der Waals surface area contributed by atoms with Crippen LogP contribution in [0.2, 0.25) is 0 Å². The van der Waals surface area contributed by atoms with Crippen LogP contribution in [0.1, 0.15) is 36.5 Å². The summed E-state index contributed by atoms with van der Waals surface area (Å²) < 4.78 is 4.95. The zero-order valence-corrected chi connectivity index (χ0v) is 11.7. The monoisotopic (exact) mass is 267 g/mol. The number of thiophene rings is 1. The van der Waals surface area contributed by atoms with Crippen LogP contribution in [0.3, 0.4) is 0 Å². The van der Waals surface area contributed by atoms with E-state index in [4.69, 9.17) is 4.74 Å². The van der Waals surface area contributed by atoms with Crippen molar-refractivity contribution >= 4 is 17.3 Å². The van der Waals surface area contributed by atoms with Crippen molar-refractivity contribution in [2.45, 2.75) is 31.6 Å². The molecule has 4 heteroatoms. The van der Waals surface area contributed by atoms with Crippen molar-refractivity contribution in [3.8, 4) is 0 Å². The van der Waals surface area contributed by atoms with E-state index in [0.29, 0.717) is 0 Å². The van der Waals surface area contributed by atoms with Gasteiger partial charge in [0.2, 0.25) is 0 Å². The molecule has 100 valence electrons. The van der Waals surface area contributed by atoms with E-state index in [2.05, 4.69) is 4.90 Å². The number of carbonyl (C=O) groups excluding carboxylic acids is 1. The number of esters is 1. The van der Waals surface area contributed by atoms with Gasteiger partial charge < -0.3 is 9.64 Å². The second-order valence-electron chi connectivity index (χ2n) is 4.81. The normalized spacial score (nSPS) is 19.2. The lowest BCUT2D eigenvalue weighted by Gasteiger charge is -2.24. The number of rotatable bonds is 4. The van der Waals surface area contributed by atoms with Crippen molar-refractivity contribution in [2.24, 2.45) is 0 Å². The third kappa shape index (κ3) is 3.56. The smallest absolute Gasteiger partial charge is 0.315 e. The molecule has 0 spiro atoms. The standard InChI is InChI=1S/C14H21NO2S/c1-17-14(16)12(13-7-6-10-18-13)11-15-8-4-2-3-5-9-15/h6-7,10,12H,2-5,8-9,11H2,1H3. The van der Waals surface area contributed by atoms with E-state index in [1.54, 1.807) is 11.3 Å². The summed E-state index contributed by atoms with van der Waals surface area (Å²) in [5, 5.41) is 2.02. The van der Waals surface area contributed by atoms with Gasteiger partial charge >= 0.3 is 5.97 Å². The summed E-state index contributed by atoms with van der Waals surface area (Å²) in [6.07, 6.45) is 5.13. The molecule has 0 radical (unpaired) electrons. The van der Waals surface area contributed by atoms with Crippen LogP contribution in [0.25, 0.3) is 0 Å². The molecule has 1 saturated heterocycles. The van der Waals surface area contributed by atoms with Crippen LogP contribution in [0.15, 0.2) is 17.5 Å². The fourth-order valence-electron chi connectivity index (χ4n) is 2.49. The van der Waals surface area contributed by atoms with Crippen molar-refractivity contribution in [3.63, 3.8) is 0 Å². The number of likely N-dealkylation sites (tertiary alicyclic amines) is 1. The lowest BCUT2D eigenvalue weighted by atomic mass is 10.1. The molecule has 18 heavy (non-hydrogen) atoms. The lowest BCUT2D eigenvalue weighted by Crippen LogP contribution is -2.33. The predicted octanol–water partition coefficient (Wildman–Crippen LogP) is 2.88. The maximum atomic E-state index is 11.9. The van der Waals surface area contributed by atoms with Gasteiger partial charge in [-0.3, -0.25) is 4.79 Å². The molecular weight excluding hydrogens is 246 g/mol. The molecule has 1 aliphatic rings. The zero-order chi connectivity index (χ0) is 12.8.